The van der Waals surface area contributed by atoms with Gasteiger partial charge in [0, 0.05) is 54.8 Å². The summed E-state index contributed by atoms with van der Waals surface area (Å²) in [7, 11) is 0. The number of nitrogens with one attached hydrogen (secondary N) is 3. The van der Waals surface area contributed by atoms with Gasteiger partial charge in [0.15, 0.2) is 5.13 Å². The fraction of sp³-hybridized carbons (Fsp3) is 0.600. The molecule has 2 saturated heterocycles. The van der Waals surface area contributed by atoms with Crippen LogP contribution < -0.4 is 25.4 Å². The zero-order valence-corrected chi connectivity index (χ0v) is 38.1. The highest BCUT2D eigenvalue weighted by atomic mass is 35.5. The molecule has 2 aromatic heterocycles. The van der Waals surface area contributed by atoms with Gasteiger partial charge in [0.05, 0.1) is 31.0 Å². The predicted molar refractivity (Wildman–Crippen MR) is 238 cm³/mol. The van der Waals surface area contributed by atoms with E-state index < -0.39 is 58.9 Å². The molecule has 18 heteroatoms. The molecule has 2 unspecified atom stereocenters. The van der Waals surface area contributed by atoms with Crippen LogP contribution in [0.2, 0.25) is 5.02 Å². The van der Waals surface area contributed by atoms with Gasteiger partial charge < -0.3 is 44.9 Å². The number of ether oxygens (including phenoxy) is 4. The Morgan fingerprint density at radius 2 is 1.81 bits per heavy atom. The molecule has 1 aromatic carbocycles. The second-order valence-electron chi connectivity index (χ2n) is 18.9. The maximum atomic E-state index is 14.8. The Labute approximate surface area is 376 Å². The van der Waals surface area contributed by atoms with Crippen LogP contribution in [0.5, 0.6) is 11.5 Å². The Morgan fingerprint density at radius 1 is 1.06 bits per heavy atom. The highest BCUT2D eigenvalue weighted by Crippen LogP contribution is 2.52. The Hall–Kier alpha value is -4.71. The number of carboxylic acids is 1. The van der Waals surface area contributed by atoms with Crippen molar-refractivity contribution in [2.24, 2.45) is 23.2 Å². The van der Waals surface area contributed by atoms with E-state index in [0.29, 0.717) is 82.1 Å². The van der Waals surface area contributed by atoms with Gasteiger partial charge in [-0.15, -0.1) is 17.9 Å². The molecule has 0 bridgehead atoms. The van der Waals surface area contributed by atoms with E-state index in [1.165, 1.54) is 28.7 Å². The van der Waals surface area contributed by atoms with Gasteiger partial charge in [0.2, 0.25) is 11.8 Å². The molecule has 3 aliphatic carbocycles. The number of benzene rings is 1. The van der Waals surface area contributed by atoms with Crippen LogP contribution in [0.3, 0.4) is 0 Å². The van der Waals surface area contributed by atoms with Crippen LogP contribution in [0.15, 0.2) is 36.2 Å². The number of hydrogen-bond donors (Lipinski definition) is 4. The number of carboxylic acid groups (broad SMARTS) is 1. The second kappa shape index (κ2) is 18.0. The van der Waals surface area contributed by atoms with Crippen LogP contribution in [0.25, 0.3) is 22.3 Å². The molecule has 2 aliphatic heterocycles. The molecule has 0 spiro atoms. The minimum Gasteiger partial charge on any atom is -0.491 e. The van der Waals surface area contributed by atoms with E-state index in [2.05, 4.69) is 27.4 Å². The summed E-state index contributed by atoms with van der Waals surface area (Å²) in [5.41, 5.74) is -0.841. The van der Waals surface area contributed by atoms with Gasteiger partial charge >= 0.3 is 12.1 Å². The normalized spacial score (nSPS) is 27.1. The molecule has 63 heavy (non-hydrogen) atoms. The largest absolute Gasteiger partial charge is 0.491 e. The van der Waals surface area contributed by atoms with Crippen LogP contribution in [-0.2, 0) is 23.9 Å². The number of morpholine rings is 1. The average molecular weight is 909 g/mol. The smallest absolute Gasteiger partial charge is 0.408 e. The number of aromatic nitrogens is 2. The predicted octanol–water partition coefficient (Wildman–Crippen LogP) is 5.98. The first-order chi connectivity index (χ1) is 30.0. The lowest BCUT2D eigenvalue weighted by atomic mass is 9.85. The number of thiazole rings is 1. The quantitative estimate of drug-likeness (QED) is 0.123. The molecule has 16 nitrogen and oxygen atoms in total. The summed E-state index contributed by atoms with van der Waals surface area (Å²) in [5.74, 6) is -0.784. The molecule has 340 valence electrons. The fourth-order valence-corrected chi connectivity index (χ4v) is 10.2. The molecule has 8 atom stereocenters. The van der Waals surface area contributed by atoms with Gasteiger partial charge in [-0.25, -0.2) is 19.6 Å². The standard InChI is InChI=1S/C45H58ClN7O9S/c1-7-27-21-45(27,41(56)57)51-39(54)33-19-29(22-53(33)40(55)38(44(4,5)6)50-43(58)62-28-17-25-16-26(25)18-28)61-35-20-31(32-23-63-42(49-32)47-24(2)3)48-37-30(35)8-9-34(36(37)46)60-15-12-52-10-13-59-14-11-52/h7-9,20,23-29,33,38H,1,10-19,21-22H2,2-6H3,(H,47,49)(H,50,58)(H,51,54)(H,56,57)/t25-,26+,27-,28?,29-,33+,38-,45?/m1/s1. The summed E-state index contributed by atoms with van der Waals surface area (Å²) in [4.78, 5) is 68.4. The van der Waals surface area contributed by atoms with Crippen LogP contribution in [-0.4, -0.2) is 131 Å². The number of pyridine rings is 1. The maximum Gasteiger partial charge on any atom is 0.408 e. The summed E-state index contributed by atoms with van der Waals surface area (Å²) >= 11 is 8.54. The topological polar surface area (TPSA) is 194 Å². The zero-order chi connectivity index (χ0) is 44.8. The summed E-state index contributed by atoms with van der Waals surface area (Å²) in [6.45, 7) is 17.3. The third-order valence-electron chi connectivity index (χ3n) is 12.8. The highest BCUT2D eigenvalue weighted by molar-refractivity contribution is 7.14. The van der Waals surface area contributed by atoms with E-state index >= 15 is 0 Å². The van der Waals surface area contributed by atoms with Gasteiger partial charge in [-0.1, -0.05) is 38.4 Å². The van der Waals surface area contributed by atoms with E-state index in [0.717, 1.165) is 25.9 Å². The van der Waals surface area contributed by atoms with Gasteiger partial charge in [0.1, 0.15) is 58.7 Å². The molecule has 3 aromatic rings. The number of alkyl carbamates (subject to hydrolysis) is 1. The summed E-state index contributed by atoms with van der Waals surface area (Å²) in [5, 5.41) is 22.6. The second-order valence-corrected chi connectivity index (χ2v) is 20.1. The molecule has 0 radical (unpaired) electrons. The first kappa shape index (κ1) is 44.9. The van der Waals surface area contributed by atoms with Gasteiger partial charge in [-0.05, 0) is 68.9 Å². The minimum absolute atomic E-state index is 0.0208. The zero-order valence-electron chi connectivity index (χ0n) is 36.5. The van der Waals surface area contributed by atoms with Gasteiger partial charge in [0.25, 0.3) is 0 Å². The Kier molecular flexibility index (Phi) is 12.9. The van der Waals surface area contributed by atoms with Crippen LogP contribution >= 0.6 is 22.9 Å². The van der Waals surface area contributed by atoms with Crippen molar-refractivity contribution in [3.63, 3.8) is 0 Å². The van der Waals surface area contributed by atoms with E-state index in [9.17, 15) is 24.3 Å². The third-order valence-corrected chi connectivity index (χ3v) is 14.0. The molecule has 4 N–H and O–H groups in total. The number of fused-ring (bicyclic) bond motifs is 2. The van der Waals surface area contributed by atoms with Crippen LogP contribution in [0, 0.1) is 23.2 Å². The molecule has 5 aliphatic rings. The summed E-state index contributed by atoms with van der Waals surface area (Å²) in [6, 6.07) is 3.30. The van der Waals surface area contributed by atoms with Crippen molar-refractivity contribution >= 4 is 62.8 Å². The third kappa shape index (κ3) is 9.86. The number of likely N-dealkylation sites (tertiary alicyclic amines) is 1. The number of rotatable bonds is 16. The monoisotopic (exact) mass is 907 g/mol. The van der Waals surface area contributed by atoms with Crippen LogP contribution in [0.4, 0.5) is 9.93 Å². The molecular formula is C45H58ClN7O9S. The van der Waals surface area contributed by atoms with E-state index in [1.807, 2.05) is 46.1 Å². The van der Waals surface area contributed by atoms with Crippen molar-refractivity contribution in [2.75, 3.05) is 51.3 Å². The van der Waals surface area contributed by atoms with Crippen molar-refractivity contribution in [3.05, 3.63) is 41.3 Å². The fourth-order valence-electron chi connectivity index (χ4n) is 9.11. The Balaban J connectivity index is 1.09. The SMILES string of the molecule is C=C[C@@H]1CC1(NC(=O)[C@@H]1C[C@@H](Oc2cc(-c3csc(NC(C)C)n3)nc3c(Cl)c(OCCN4CCOCC4)ccc23)CN1C(=O)[C@@H](NC(=O)OC1C[C@@H]2C[C@@H]2C1)C(C)(C)C)C(=O)O. The number of amides is 3. The van der Waals surface area contributed by atoms with Gasteiger partial charge in [-0.3, -0.25) is 14.5 Å². The lowest BCUT2D eigenvalue weighted by Gasteiger charge is -2.35. The molecule has 8 rings (SSSR count). The number of anilines is 1. The maximum absolute atomic E-state index is 14.8. The number of nitrogens with zero attached hydrogens (tertiary/aromatic N) is 4. The van der Waals surface area contributed by atoms with Crippen molar-refractivity contribution in [3.8, 4) is 22.9 Å². The summed E-state index contributed by atoms with van der Waals surface area (Å²) in [6.07, 6.45) is 2.85. The van der Waals surface area contributed by atoms with Crippen molar-refractivity contribution in [2.45, 2.75) is 103 Å². The lowest BCUT2D eigenvalue weighted by molar-refractivity contribution is -0.146. The molecule has 3 saturated carbocycles. The average Bonchev–Trinajstić information content (AvgIpc) is 3.91. The number of halogens is 1. The lowest BCUT2D eigenvalue weighted by Crippen LogP contribution is -2.59. The van der Waals surface area contributed by atoms with Crippen molar-refractivity contribution in [1.29, 1.82) is 0 Å². The Bertz CT molecular complexity index is 2230. The number of carbonyl (C=O) groups is 4. The minimum atomic E-state index is -1.54. The molecule has 3 amide bonds. The number of hydrogen-bond acceptors (Lipinski definition) is 13. The molecule has 5 fully saturated rings. The van der Waals surface area contributed by atoms with E-state index in [4.69, 9.17) is 40.5 Å². The highest BCUT2D eigenvalue weighted by Gasteiger charge is 2.61. The first-order valence-corrected chi connectivity index (χ1v) is 23.2. The molecule has 4 heterocycles. The summed E-state index contributed by atoms with van der Waals surface area (Å²) < 4.78 is 24.3. The molecular weight excluding hydrogens is 850 g/mol. The van der Waals surface area contributed by atoms with Crippen molar-refractivity contribution in [1.82, 2.24) is 30.4 Å². The van der Waals surface area contributed by atoms with Gasteiger partial charge in [-0.2, -0.15) is 0 Å². The first-order valence-electron chi connectivity index (χ1n) is 21.9. The van der Waals surface area contributed by atoms with E-state index in [1.54, 1.807) is 12.1 Å². The Morgan fingerprint density at radius 3 is 2.48 bits per heavy atom. The van der Waals surface area contributed by atoms with Crippen molar-refractivity contribution < 1.29 is 43.2 Å². The number of carbonyl (C=O) groups excluding carboxylic acids is 3. The van der Waals surface area contributed by atoms with E-state index in [-0.39, 0.29) is 31.5 Å². The van der Waals surface area contributed by atoms with Crippen LogP contribution in [0.1, 0.15) is 66.7 Å². The number of aliphatic carboxylic acids is 1.